The third-order valence-electron chi connectivity index (χ3n) is 12.7. The van der Waals surface area contributed by atoms with E-state index in [0.717, 1.165) is 51.4 Å². The Morgan fingerprint density at radius 3 is 1.24 bits per heavy atom. The molecule has 0 aliphatic rings. The SMILES string of the molecule is CC/C=C\C/C=C\C/C=C\C/C=C\C/C=C\CCCC(=O)OC(COC(=O)CCCCCCCCCCCCCCCCCCCCC/C=C\CCCCCCCCCC)COP(=O)([O-])OCC[N+](C)(C)C. The molecular formula is C62H112NO8P. The van der Waals surface area contributed by atoms with Gasteiger partial charge in [0.25, 0.3) is 7.82 Å². The highest BCUT2D eigenvalue weighted by Gasteiger charge is 2.21. The minimum absolute atomic E-state index is 0.0434. The number of carbonyl (C=O) groups is 2. The predicted molar refractivity (Wildman–Crippen MR) is 305 cm³/mol. The molecule has 0 saturated heterocycles. The molecule has 0 radical (unpaired) electrons. The Labute approximate surface area is 444 Å². The molecule has 0 aromatic heterocycles. The molecule has 0 bridgehead atoms. The summed E-state index contributed by atoms with van der Waals surface area (Å²) in [6.07, 6.45) is 69.8. The normalized spacial score (nSPS) is 13.8. The van der Waals surface area contributed by atoms with Crippen molar-refractivity contribution in [2.45, 2.75) is 264 Å². The fourth-order valence-electron chi connectivity index (χ4n) is 8.16. The number of carbonyl (C=O) groups excluding carboxylic acids is 2. The van der Waals surface area contributed by atoms with Gasteiger partial charge in [-0.15, -0.1) is 0 Å². The molecule has 0 saturated carbocycles. The lowest BCUT2D eigenvalue weighted by Crippen LogP contribution is -2.37. The molecular weight excluding hydrogens is 918 g/mol. The van der Waals surface area contributed by atoms with Crippen molar-refractivity contribution in [3.05, 3.63) is 72.9 Å². The Hall–Kier alpha value is -2.55. The van der Waals surface area contributed by atoms with Crippen LogP contribution in [-0.4, -0.2) is 70.0 Å². The highest BCUT2D eigenvalue weighted by Crippen LogP contribution is 2.38. The van der Waals surface area contributed by atoms with E-state index in [1.807, 2.05) is 27.2 Å². The first-order chi connectivity index (χ1) is 35.0. The van der Waals surface area contributed by atoms with Crippen molar-refractivity contribution in [3.8, 4) is 0 Å². The van der Waals surface area contributed by atoms with Crippen LogP contribution in [0.5, 0.6) is 0 Å². The molecule has 0 aromatic carbocycles. The van der Waals surface area contributed by atoms with Crippen LogP contribution in [0.1, 0.15) is 258 Å². The average Bonchev–Trinajstić information content (AvgIpc) is 3.34. The van der Waals surface area contributed by atoms with E-state index in [1.165, 1.54) is 167 Å². The number of hydrogen-bond acceptors (Lipinski definition) is 8. The number of likely N-dealkylation sites (N-methyl/N-ethyl adjacent to an activating group) is 1. The van der Waals surface area contributed by atoms with Gasteiger partial charge in [0.05, 0.1) is 27.7 Å². The smallest absolute Gasteiger partial charge is 0.306 e. The zero-order chi connectivity index (χ0) is 52.7. The highest BCUT2D eigenvalue weighted by atomic mass is 31.2. The minimum Gasteiger partial charge on any atom is -0.756 e. The predicted octanol–water partition coefficient (Wildman–Crippen LogP) is 17.8. The van der Waals surface area contributed by atoms with Gasteiger partial charge in [-0.2, -0.15) is 0 Å². The fourth-order valence-corrected chi connectivity index (χ4v) is 8.89. The quantitative estimate of drug-likeness (QED) is 0.0195. The van der Waals surface area contributed by atoms with E-state index in [2.05, 4.69) is 80.7 Å². The third kappa shape index (κ3) is 56.7. The summed E-state index contributed by atoms with van der Waals surface area (Å²) >= 11 is 0. The molecule has 0 amide bonds. The van der Waals surface area contributed by atoms with Crippen LogP contribution in [0.15, 0.2) is 72.9 Å². The maximum Gasteiger partial charge on any atom is 0.306 e. The summed E-state index contributed by atoms with van der Waals surface area (Å²) in [4.78, 5) is 37.8. The van der Waals surface area contributed by atoms with Crippen molar-refractivity contribution < 1.29 is 42.1 Å². The van der Waals surface area contributed by atoms with Gasteiger partial charge < -0.3 is 27.9 Å². The monoisotopic (exact) mass is 1030 g/mol. The number of rotatable bonds is 54. The number of quaternary nitrogens is 1. The van der Waals surface area contributed by atoms with Crippen molar-refractivity contribution in [3.63, 3.8) is 0 Å². The highest BCUT2D eigenvalue weighted by molar-refractivity contribution is 7.45. The standard InChI is InChI=1S/C62H112NO8P/c1-6-8-10-12-14-16-18-20-22-24-25-26-27-28-29-30-31-32-33-34-35-36-37-39-40-42-44-46-48-50-52-54-61(64)68-58-60(59-70-72(66,67)69-57-56-63(3,4)5)71-62(65)55-53-51-49-47-45-43-41-38-23-21-19-17-15-13-11-9-7-2/h9,11,15,17,21,23-25,41,43,47,49,60H,6-8,10,12-14,16,18-20,22,26-40,42,44-46,48,50-59H2,1-5H3/b11-9-,17-15-,23-21-,25-24-,43-41-,49-47-. The summed E-state index contributed by atoms with van der Waals surface area (Å²) in [5.74, 6) is -0.897. The number of phosphoric acid groups is 1. The molecule has 0 aliphatic heterocycles. The minimum atomic E-state index is -4.65. The van der Waals surface area contributed by atoms with Gasteiger partial charge >= 0.3 is 11.9 Å². The van der Waals surface area contributed by atoms with Crippen molar-refractivity contribution in [1.29, 1.82) is 0 Å². The topological polar surface area (TPSA) is 111 Å². The van der Waals surface area contributed by atoms with E-state index in [4.69, 9.17) is 18.5 Å². The average molecular weight is 1030 g/mol. The van der Waals surface area contributed by atoms with Crippen molar-refractivity contribution >= 4 is 19.8 Å². The molecule has 0 aliphatic carbocycles. The van der Waals surface area contributed by atoms with Crippen LogP contribution in [0.4, 0.5) is 0 Å². The molecule has 10 heteroatoms. The molecule has 0 fully saturated rings. The summed E-state index contributed by atoms with van der Waals surface area (Å²) in [6.45, 7) is 4.07. The maximum absolute atomic E-state index is 12.7. The number of hydrogen-bond donors (Lipinski definition) is 0. The molecule has 2 atom stereocenters. The second kappa shape index (κ2) is 53.3. The first-order valence-electron chi connectivity index (χ1n) is 29.6. The molecule has 0 aromatic rings. The van der Waals surface area contributed by atoms with Gasteiger partial charge in [-0.05, 0) is 77.0 Å². The van der Waals surface area contributed by atoms with E-state index in [1.54, 1.807) is 0 Å². The van der Waals surface area contributed by atoms with E-state index >= 15 is 0 Å². The van der Waals surface area contributed by atoms with Crippen LogP contribution in [0.2, 0.25) is 0 Å². The van der Waals surface area contributed by atoms with E-state index < -0.39 is 32.5 Å². The number of unbranched alkanes of at least 4 members (excludes halogenated alkanes) is 28. The van der Waals surface area contributed by atoms with Gasteiger partial charge in [0.1, 0.15) is 19.8 Å². The van der Waals surface area contributed by atoms with Crippen LogP contribution >= 0.6 is 7.82 Å². The van der Waals surface area contributed by atoms with Crippen molar-refractivity contribution in [2.75, 3.05) is 47.5 Å². The van der Waals surface area contributed by atoms with Gasteiger partial charge in [-0.25, -0.2) is 0 Å². The van der Waals surface area contributed by atoms with Gasteiger partial charge in [-0.3, -0.25) is 14.2 Å². The molecule has 72 heavy (non-hydrogen) atoms. The van der Waals surface area contributed by atoms with Crippen LogP contribution in [-0.2, 0) is 32.7 Å². The Morgan fingerprint density at radius 2 is 0.806 bits per heavy atom. The second-order valence-electron chi connectivity index (χ2n) is 21.0. The number of esters is 2. The zero-order valence-electron chi connectivity index (χ0n) is 47.4. The van der Waals surface area contributed by atoms with Gasteiger partial charge in [0, 0.05) is 12.8 Å². The Kier molecular flexibility index (Phi) is 51.4. The summed E-state index contributed by atoms with van der Waals surface area (Å²) in [5.41, 5.74) is 0. The second-order valence-corrected chi connectivity index (χ2v) is 22.4. The van der Waals surface area contributed by atoms with Gasteiger partial charge in [0.2, 0.25) is 0 Å². The molecule has 9 nitrogen and oxygen atoms in total. The first kappa shape index (κ1) is 69.5. The Bertz CT molecular complexity index is 1450. The summed E-state index contributed by atoms with van der Waals surface area (Å²) in [7, 11) is 1.13. The largest absolute Gasteiger partial charge is 0.756 e. The van der Waals surface area contributed by atoms with Crippen LogP contribution in [0.3, 0.4) is 0 Å². The summed E-state index contributed by atoms with van der Waals surface area (Å²) in [5, 5.41) is 0. The fraction of sp³-hybridized carbons (Fsp3) is 0.774. The third-order valence-corrected chi connectivity index (χ3v) is 13.7. The Balaban J connectivity index is 4.09. The van der Waals surface area contributed by atoms with E-state index in [9.17, 15) is 19.0 Å². The van der Waals surface area contributed by atoms with Crippen LogP contribution < -0.4 is 4.89 Å². The lowest BCUT2D eigenvalue weighted by molar-refractivity contribution is -0.870. The zero-order valence-corrected chi connectivity index (χ0v) is 48.3. The number of ether oxygens (including phenoxy) is 2. The molecule has 0 rings (SSSR count). The first-order valence-corrected chi connectivity index (χ1v) is 31.1. The molecule has 2 unspecified atom stereocenters. The van der Waals surface area contributed by atoms with Gasteiger partial charge in [0.15, 0.2) is 6.10 Å². The maximum atomic E-state index is 12.7. The van der Waals surface area contributed by atoms with Crippen molar-refractivity contribution in [2.24, 2.45) is 0 Å². The number of allylic oxidation sites excluding steroid dienone is 12. The lowest BCUT2D eigenvalue weighted by Gasteiger charge is -2.28. The number of nitrogens with zero attached hydrogens (tertiary/aromatic N) is 1. The molecule has 0 heterocycles. The summed E-state index contributed by atoms with van der Waals surface area (Å²) in [6, 6.07) is 0. The van der Waals surface area contributed by atoms with E-state index in [0.29, 0.717) is 23.9 Å². The lowest BCUT2D eigenvalue weighted by atomic mass is 10.0. The van der Waals surface area contributed by atoms with E-state index in [-0.39, 0.29) is 26.1 Å². The summed E-state index contributed by atoms with van der Waals surface area (Å²) < 4.78 is 34.0. The van der Waals surface area contributed by atoms with Crippen LogP contribution in [0.25, 0.3) is 0 Å². The van der Waals surface area contributed by atoms with Gasteiger partial charge in [-0.1, -0.05) is 241 Å². The number of phosphoric ester groups is 1. The molecule has 0 N–H and O–H groups in total. The Morgan fingerprint density at radius 1 is 0.444 bits per heavy atom. The molecule has 0 spiro atoms. The molecule has 418 valence electrons. The van der Waals surface area contributed by atoms with Crippen LogP contribution in [0, 0.1) is 0 Å². The van der Waals surface area contributed by atoms with Crippen molar-refractivity contribution in [1.82, 2.24) is 0 Å².